The molecule has 5 heteroatoms. The maximum absolute atomic E-state index is 11.4. The highest BCUT2D eigenvalue weighted by atomic mass is 127. The van der Waals surface area contributed by atoms with Gasteiger partial charge in [0.15, 0.2) is 0 Å². The maximum Gasteiger partial charge on any atom is 0.333 e. The van der Waals surface area contributed by atoms with Crippen LogP contribution in [-0.4, -0.2) is 14.0 Å². The number of aryl methyl sites for hydroxylation is 1. The van der Waals surface area contributed by atoms with Crippen molar-refractivity contribution in [1.82, 2.24) is 14.0 Å². The third kappa shape index (κ3) is 0.961. The smallest absolute Gasteiger partial charge is 0.303 e. The van der Waals surface area contributed by atoms with Crippen molar-refractivity contribution < 1.29 is 0 Å². The molecule has 0 aliphatic rings. The van der Waals surface area contributed by atoms with E-state index < -0.39 is 0 Å². The van der Waals surface area contributed by atoms with Gasteiger partial charge in [-0.25, -0.2) is 14.2 Å². The SMILES string of the molecule is Cn1ccc2c(I)ncn2c1=O. The summed E-state index contributed by atoms with van der Waals surface area (Å²) in [6.45, 7) is 0. The van der Waals surface area contributed by atoms with E-state index in [4.69, 9.17) is 0 Å². The van der Waals surface area contributed by atoms with E-state index in [1.807, 2.05) is 6.07 Å². The Hall–Kier alpha value is -0.850. The zero-order valence-electron chi connectivity index (χ0n) is 6.36. The molecule has 2 rings (SSSR count). The van der Waals surface area contributed by atoms with E-state index in [9.17, 15) is 4.79 Å². The fraction of sp³-hybridized carbons (Fsp3) is 0.143. The predicted octanol–water partition coefficient (Wildman–Crippen LogP) is 0.638. The lowest BCUT2D eigenvalue weighted by Crippen LogP contribution is -2.22. The van der Waals surface area contributed by atoms with Crippen molar-refractivity contribution >= 4 is 28.1 Å². The van der Waals surface area contributed by atoms with Gasteiger partial charge in [-0.15, -0.1) is 0 Å². The van der Waals surface area contributed by atoms with Gasteiger partial charge >= 0.3 is 5.69 Å². The Bertz CT molecular complexity index is 485. The van der Waals surface area contributed by atoms with E-state index in [1.54, 1.807) is 19.6 Å². The van der Waals surface area contributed by atoms with E-state index in [0.29, 0.717) is 0 Å². The minimum absolute atomic E-state index is 0.0667. The van der Waals surface area contributed by atoms with Crippen LogP contribution in [0.2, 0.25) is 0 Å². The molecule has 0 atom stereocenters. The van der Waals surface area contributed by atoms with Crippen molar-refractivity contribution in [1.29, 1.82) is 0 Å². The van der Waals surface area contributed by atoms with Crippen molar-refractivity contribution in [3.63, 3.8) is 0 Å². The monoisotopic (exact) mass is 275 g/mol. The fourth-order valence-electron chi connectivity index (χ4n) is 1.05. The van der Waals surface area contributed by atoms with Crippen molar-refractivity contribution in [3.05, 3.63) is 32.8 Å². The first-order valence-corrected chi connectivity index (χ1v) is 4.46. The molecule has 0 saturated carbocycles. The molecule has 0 aliphatic carbocycles. The van der Waals surface area contributed by atoms with Crippen LogP contribution in [0.4, 0.5) is 0 Å². The Morgan fingerprint density at radius 3 is 3.08 bits per heavy atom. The van der Waals surface area contributed by atoms with Gasteiger partial charge in [0, 0.05) is 13.2 Å². The molecule has 0 aliphatic heterocycles. The molecule has 0 aromatic carbocycles. The summed E-state index contributed by atoms with van der Waals surface area (Å²) in [6.07, 6.45) is 3.28. The van der Waals surface area contributed by atoms with Crippen molar-refractivity contribution in [3.8, 4) is 0 Å². The molecule has 2 aromatic heterocycles. The van der Waals surface area contributed by atoms with E-state index >= 15 is 0 Å². The Kier molecular flexibility index (Phi) is 1.67. The van der Waals surface area contributed by atoms with Crippen molar-refractivity contribution in [2.24, 2.45) is 7.05 Å². The summed E-state index contributed by atoms with van der Waals surface area (Å²) in [4.78, 5) is 15.5. The average Bonchev–Trinajstić information content (AvgIpc) is 2.41. The number of halogens is 1. The highest BCUT2D eigenvalue weighted by Crippen LogP contribution is 2.08. The molecule has 12 heavy (non-hydrogen) atoms. The lowest BCUT2D eigenvalue weighted by atomic mass is 10.5. The minimum atomic E-state index is -0.0667. The second kappa shape index (κ2) is 2.58. The van der Waals surface area contributed by atoms with Crippen LogP contribution >= 0.6 is 22.6 Å². The zero-order valence-corrected chi connectivity index (χ0v) is 8.52. The number of aromatic nitrogens is 3. The summed E-state index contributed by atoms with van der Waals surface area (Å²) in [7, 11) is 1.72. The molecule has 0 amide bonds. The third-order valence-electron chi connectivity index (χ3n) is 1.72. The summed E-state index contributed by atoms with van der Waals surface area (Å²) in [6, 6.07) is 1.87. The highest BCUT2D eigenvalue weighted by molar-refractivity contribution is 14.1. The molecule has 0 radical (unpaired) electrons. The standard InChI is InChI=1S/C7H6IN3O/c1-10-3-2-5-6(8)9-4-11(5)7(10)12/h2-4H,1H3. The van der Waals surface area contributed by atoms with E-state index in [0.717, 1.165) is 9.22 Å². The first kappa shape index (κ1) is 7.78. The molecule has 0 N–H and O–H groups in total. The van der Waals surface area contributed by atoms with Crippen LogP contribution in [0.3, 0.4) is 0 Å². The van der Waals surface area contributed by atoms with E-state index in [1.165, 1.54) is 8.97 Å². The molecule has 2 heterocycles. The van der Waals surface area contributed by atoms with Gasteiger partial charge in [0.2, 0.25) is 0 Å². The predicted molar refractivity (Wildman–Crippen MR) is 53.2 cm³/mol. The van der Waals surface area contributed by atoms with Gasteiger partial charge in [0.25, 0.3) is 0 Å². The van der Waals surface area contributed by atoms with Crippen molar-refractivity contribution in [2.45, 2.75) is 0 Å². The topological polar surface area (TPSA) is 39.3 Å². The molecule has 4 nitrogen and oxygen atoms in total. The largest absolute Gasteiger partial charge is 0.333 e. The van der Waals surface area contributed by atoms with Gasteiger partial charge in [-0.3, -0.25) is 0 Å². The quantitative estimate of drug-likeness (QED) is 0.662. The van der Waals surface area contributed by atoms with Crippen LogP contribution in [0, 0.1) is 3.70 Å². The van der Waals surface area contributed by atoms with Crippen LogP contribution in [-0.2, 0) is 7.05 Å². The third-order valence-corrected chi connectivity index (χ3v) is 2.55. The number of nitrogens with zero attached hydrogens (tertiary/aromatic N) is 3. The summed E-state index contributed by atoms with van der Waals surface area (Å²) in [5.74, 6) is 0. The Morgan fingerprint density at radius 1 is 1.58 bits per heavy atom. The van der Waals surface area contributed by atoms with E-state index in [-0.39, 0.29) is 5.69 Å². The molecule has 0 bridgehead atoms. The minimum Gasteiger partial charge on any atom is -0.303 e. The first-order valence-electron chi connectivity index (χ1n) is 3.38. The van der Waals surface area contributed by atoms with Crippen LogP contribution in [0.1, 0.15) is 0 Å². The molecule has 2 aromatic rings. The lowest BCUT2D eigenvalue weighted by Gasteiger charge is -1.96. The lowest BCUT2D eigenvalue weighted by molar-refractivity contribution is 0.788. The molecule has 0 unspecified atom stereocenters. The van der Waals surface area contributed by atoms with Gasteiger partial charge in [0.1, 0.15) is 10.0 Å². The fourth-order valence-corrected chi connectivity index (χ4v) is 1.62. The average molecular weight is 275 g/mol. The number of hydrogen-bond acceptors (Lipinski definition) is 2. The summed E-state index contributed by atoms with van der Waals surface area (Å²) in [5.41, 5.74) is 0.793. The van der Waals surface area contributed by atoms with Gasteiger partial charge in [0.05, 0.1) is 5.52 Å². The van der Waals surface area contributed by atoms with Crippen molar-refractivity contribution in [2.75, 3.05) is 0 Å². The Labute approximate surface area is 82.0 Å². The second-order valence-electron chi connectivity index (χ2n) is 2.50. The Morgan fingerprint density at radius 2 is 2.33 bits per heavy atom. The molecule has 0 fully saturated rings. The molecule has 0 saturated heterocycles. The summed E-state index contributed by atoms with van der Waals surface area (Å²) in [5, 5.41) is 0. The van der Waals surface area contributed by atoms with Crippen LogP contribution in [0.25, 0.3) is 5.52 Å². The molecular formula is C7H6IN3O. The molecular weight excluding hydrogens is 269 g/mol. The summed E-state index contributed by atoms with van der Waals surface area (Å²) >= 11 is 2.10. The zero-order chi connectivity index (χ0) is 8.72. The number of fused-ring (bicyclic) bond motifs is 1. The van der Waals surface area contributed by atoms with Crippen LogP contribution in [0.15, 0.2) is 23.4 Å². The normalized spacial score (nSPS) is 10.8. The Balaban J connectivity index is 3.03. The first-order chi connectivity index (χ1) is 5.70. The van der Waals surface area contributed by atoms with Gasteiger partial charge < -0.3 is 4.57 Å². The van der Waals surface area contributed by atoms with Crippen LogP contribution in [0.5, 0.6) is 0 Å². The van der Waals surface area contributed by atoms with Gasteiger partial charge in [-0.2, -0.15) is 0 Å². The van der Waals surface area contributed by atoms with E-state index in [2.05, 4.69) is 27.6 Å². The second-order valence-corrected chi connectivity index (χ2v) is 3.52. The maximum atomic E-state index is 11.4. The molecule has 62 valence electrons. The van der Waals surface area contributed by atoms with Crippen LogP contribution < -0.4 is 5.69 Å². The number of rotatable bonds is 0. The van der Waals surface area contributed by atoms with Gasteiger partial charge in [-0.1, -0.05) is 0 Å². The number of hydrogen-bond donors (Lipinski definition) is 0. The molecule has 0 spiro atoms. The highest BCUT2D eigenvalue weighted by Gasteiger charge is 2.02. The summed E-state index contributed by atoms with van der Waals surface area (Å²) < 4.78 is 3.90. The van der Waals surface area contributed by atoms with Gasteiger partial charge in [-0.05, 0) is 28.7 Å². The number of imidazole rings is 1.